The summed E-state index contributed by atoms with van der Waals surface area (Å²) in [5.74, 6) is -0.396. The van der Waals surface area contributed by atoms with Crippen molar-refractivity contribution in [2.75, 3.05) is 5.32 Å². The van der Waals surface area contributed by atoms with Crippen LogP contribution in [-0.2, 0) is 4.79 Å². The number of urea groups is 1. The summed E-state index contributed by atoms with van der Waals surface area (Å²) < 4.78 is 1.13. The second-order valence-electron chi connectivity index (χ2n) is 7.63. The smallest absolute Gasteiger partial charge is 0.321 e. The molecular weight excluding hydrogens is 372 g/mol. The Labute approximate surface area is 168 Å². The highest BCUT2D eigenvalue weighted by Gasteiger charge is 2.19. The number of hydrogen-bond donors (Lipinski definition) is 3. The molecule has 3 N–H and O–H groups in total. The lowest BCUT2D eigenvalue weighted by Crippen LogP contribution is -2.51. The number of thiazole rings is 1. The lowest BCUT2D eigenvalue weighted by atomic mass is 10.1. The normalized spacial score (nSPS) is 12.4. The van der Waals surface area contributed by atoms with Crippen molar-refractivity contribution in [3.8, 4) is 10.6 Å². The summed E-state index contributed by atoms with van der Waals surface area (Å²) in [6.07, 6.45) is 0. The molecule has 1 unspecified atom stereocenters. The quantitative estimate of drug-likeness (QED) is 0.611. The SMILES string of the molecule is CC(Nc1cccc(-c2nc3ccccc3s2)c1)C(=O)NC(=O)NC(C)(C)C. The van der Waals surface area contributed by atoms with E-state index in [2.05, 4.69) is 20.9 Å². The summed E-state index contributed by atoms with van der Waals surface area (Å²) in [5.41, 5.74) is 2.32. The minimum absolute atomic E-state index is 0.396. The van der Waals surface area contributed by atoms with Crippen molar-refractivity contribution < 1.29 is 9.59 Å². The summed E-state index contributed by atoms with van der Waals surface area (Å²) in [7, 11) is 0. The van der Waals surface area contributed by atoms with Crippen LogP contribution in [0.15, 0.2) is 48.5 Å². The maximum absolute atomic E-state index is 12.3. The van der Waals surface area contributed by atoms with Crippen LogP contribution in [0.5, 0.6) is 0 Å². The largest absolute Gasteiger partial charge is 0.374 e. The third kappa shape index (κ3) is 5.07. The molecule has 2 aromatic carbocycles. The third-order valence-corrected chi connectivity index (χ3v) is 4.99. The van der Waals surface area contributed by atoms with Gasteiger partial charge in [-0.2, -0.15) is 0 Å². The summed E-state index contributed by atoms with van der Waals surface area (Å²) in [4.78, 5) is 28.8. The maximum atomic E-state index is 12.3. The van der Waals surface area contributed by atoms with Gasteiger partial charge in [0.2, 0.25) is 5.91 Å². The molecule has 7 heteroatoms. The van der Waals surface area contributed by atoms with Gasteiger partial charge < -0.3 is 10.6 Å². The Hall–Kier alpha value is -2.93. The fraction of sp³-hybridized carbons (Fsp3) is 0.286. The maximum Gasteiger partial charge on any atom is 0.321 e. The summed E-state index contributed by atoms with van der Waals surface area (Å²) >= 11 is 1.63. The molecular formula is C21H24N4O2S. The van der Waals surface area contributed by atoms with Crippen molar-refractivity contribution in [1.82, 2.24) is 15.6 Å². The van der Waals surface area contributed by atoms with Gasteiger partial charge in [-0.25, -0.2) is 9.78 Å². The van der Waals surface area contributed by atoms with Crippen LogP contribution in [0.2, 0.25) is 0 Å². The Bertz CT molecular complexity index is 974. The summed E-state index contributed by atoms with van der Waals surface area (Å²) in [6.45, 7) is 7.27. The number of imide groups is 1. The minimum atomic E-state index is -0.573. The standard InChI is InChI=1S/C21H24N4O2S/c1-13(18(26)24-20(27)25-21(2,3)4)22-15-9-7-8-14(12-15)19-23-16-10-5-6-11-17(16)28-19/h5-13,22H,1-4H3,(H2,24,25,26,27). The number of aromatic nitrogens is 1. The van der Waals surface area contributed by atoms with Gasteiger partial charge in [0.15, 0.2) is 0 Å². The minimum Gasteiger partial charge on any atom is -0.374 e. The predicted molar refractivity (Wildman–Crippen MR) is 115 cm³/mol. The van der Waals surface area contributed by atoms with E-state index in [1.54, 1.807) is 18.3 Å². The lowest BCUT2D eigenvalue weighted by molar-refractivity contribution is -0.120. The number of carbonyl (C=O) groups is 2. The fourth-order valence-corrected chi connectivity index (χ4v) is 3.61. The van der Waals surface area contributed by atoms with Crippen molar-refractivity contribution in [2.24, 2.45) is 0 Å². The second kappa shape index (κ2) is 7.98. The number of hydrogen-bond acceptors (Lipinski definition) is 5. The Kier molecular flexibility index (Phi) is 5.65. The number of nitrogens with zero attached hydrogens (tertiary/aromatic N) is 1. The van der Waals surface area contributed by atoms with Crippen molar-refractivity contribution in [1.29, 1.82) is 0 Å². The van der Waals surface area contributed by atoms with Crippen molar-refractivity contribution in [2.45, 2.75) is 39.3 Å². The van der Waals surface area contributed by atoms with Crippen LogP contribution < -0.4 is 16.0 Å². The Balaban J connectivity index is 1.68. The average molecular weight is 397 g/mol. The van der Waals surface area contributed by atoms with Gasteiger partial charge in [0.05, 0.1) is 10.2 Å². The molecule has 0 aliphatic heterocycles. The first kappa shape index (κ1) is 19.8. The first-order chi connectivity index (χ1) is 13.2. The van der Waals surface area contributed by atoms with E-state index in [1.807, 2.05) is 69.3 Å². The predicted octanol–water partition coefficient (Wildman–Crippen LogP) is 4.39. The van der Waals surface area contributed by atoms with Gasteiger partial charge in [0, 0.05) is 16.8 Å². The number of amides is 3. The van der Waals surface area contributed by atoms with E-state index in [1.165, 1.54) is 0 Å². The molecule has 28 heavy (non-hydrogen) atoms. The molecule has 0 fully saturated rings. The van der Waals surface area contributed by atoms with E-state index in [9.17, 15) is 9.59 Å². The summed E-state index contributed by atoms with van der Waals surface area (Å²) in [5, 5.41) is 9.13. The van der Waals surface area contributed by atoms with E-state index in [0.717, 1.165) is 26.5 Å². The molecule has 0 aliphatic rings. The molecule has 0 aliphatic carbocycles. The number of carbonyl (C=O) groups excluding carboxylic acids is 2. The molecule has 1 atom stereocenters. The van der Waals surface area contributed by atoms with E-state index >= 15 is 0 Å². The molecule has 3 amide bonds. The van der Waals surface area contributed by atoms with Crippen molar-refractivity contribution in [3.63, 3.8) is 0 Å². The molecule has 0 saturated carbocycles. The number of nitrogens with one attached hydrogen (secondary N) is 3. The highest BCUT2D eigenvalue weighted by molar-refractivity contribution is 7.21. The van der Waals surface area contributed by atoms with Crippen LogP contribution in [0, 0.1) is 0 Å². The van der Waals surface area contributed by atoms with Crippen LogP contribution in [0.25, 0.3) is 20.8 Å². The van der Waals surface area contributed by atoms with Crippen LogP contribution in [0.4, 0.5) is 10.5 Å². The van der Waals surface area contributed by atoms with Gasteiger partial charge in [0.25, 0.3) is 0 Å². The number of para-hydroxylation sites is 1. The highest BCUT2D eigenvalue weighted by Crippen LogP contribution is 2.31. The van der Waals surface area contributed by atoms with Gasteiger partial charge in [-0.1, -0.05) is 24.3 Å². The fourth-order valence-electron chi connectivity index (χ4n) is 2.65. The zero-order valence-corrected chi connectivity index (χ0v) is 17.2. The van der Waals surface area contributed by atoms with E-state index < -0.39 is 23.5 Å². The number of anilines is 1. The van der Waals surface area contributed by atoms with E-state index in [-0.39, 0.29) is 0 Å². The topological polar surface area (TPSA) is 83.1 Å². The molecule has 0 bridgehead atoms. The van der Waals surface area contributed by atoms with Crippen LogP contribution in [0.3, 0.4) is 0 Å². The molecule has 3 rings (SSSR count). The van der Waals surface area contributed by atoms with E-state index in [4.69, 9.17) is 0 Å². The molecule has 0 spiro atoms. The zero-order chi connectivity index (χ0) is 20.3. The second-order valence-corrected chi connectivity index (χ2v) is 8.66. The van der Waals surface area contributed by atoms with Crippen molar-refractivity contribution in [3.05, 3.63) is 48.5 Å². The molecule has 6 nitrogen and oxygen atoms in total. The molecule has 0 saturated heterocycles. The molecule has 146 valence electrons. The Morgan fingerprint density at radius 2 is 1.82 bits per heavy atom. The van der Waals surface area contributed by atoms with Crippen LogP contribution in [0.1, 0.15) is 27.7 Å². The average Bonchev–Trinajstić information content (AvgIpc) is 3.04. The lowest BCUT2D eigenvalue weighted by Gasteiger charge is -2.21. The Morgan fingerprint density at radius 3 is 2.54 bits per heavy atom. The molecule has 3 aromatic rings. The van der Waals surface area contributed by atoms with Gasteiger partial charge in [-0.15, -0.1) is 11.3 Å². The first-order valence-corrected chi connectivity index (χ1v) is 9.88. The number of rotatable bonds is 4. The van der Waals surface area contributed by atoms with Gasteiger partial charge >= 0.3 is 6.03 Å². The van der Waals surface area contributed by atoms with Crippen LogP contribution in [-0.4, -0.2) is 28.5 Å². The monoisotopic (exact) mass is 396 g/mol. The van der Waals surface area contributed by atoms with Gasteiger partial charge in [-0.3, -0.25) is 10.1 Å². The highest BCUT2D eigenvalue weighted by atomic mass is 32.1. The van der Waals surface area contributed by atoms with Crippen LogP contribution >= 0.6 is 11.3 Å². The summed E-state index contributed by atoms with van der Waals surface area (Å²) in [6, 6.07) is 14.7. The molecule has 1 aromatic heterocycles. The number of fused-ring (bicyclic) bond motifs is 1. The first-order valence-electron chi connectivity index (χ1n) is 9.07. The van der Waals surface area contributed by atoms with Gasteiger partial charge in [0.1, 0.15) is 11.0 Å². The van der Waals surface area contributed by atoms with E-state index in [0.29, 0.717) is 0 Å². The molecule has 0 radical (unpaired) electrons. The van der Waals surface area contributed by atoms with Crippen molar-refractivity contribution >= 4 is 39.2 Å². The molecule has 1 heterocycles. The zero-order valence-electron chi connectivity index (χ0n) is 16.4. The number of benzene rings is 2. The Morgan fingerprint density at radius 1 is 1.07 bits per heavy atom. The third-order valence-electron chi connectivity index (χ3n) is 3.91. The van der Waals surface area contributed by atoms with Gasteiger partial charge in [-0.05, 0) is 52.0 Å².